The Morgan fingerprint density at radius 1 is 1.15 bits per heavy atom. The zero-order chi connectivity index (χ0) is 15.0. The quantitative estimate of drug-likeness (QED) is 0.821. The number of rotatable bonds is 4. The van der Waals surface area contributed by atoms with Crippen LogP contribution in [0.5, 0.6) is 0 Å². The first kappa shape index (κ1) is 16.1. The van der Waals surface area contributed by atoms with Crippen LogP contribution in [0.2, 0.25) is 0 Å². The number of halogens is 2. The van der Waals surface area contributed by atoms with Crippen molar-refractivity contribution in [1.29, 1.82) is 0 Å². The maximum atomic E-state index is 13.1. The number of hydrogen-bond acceptors (Lipinski definition) is 4. The first-order valence-corrected chi connectivity index (χ1v) is 8.57. The van der Waals surface area contributed by atoms with Crippen molar-refractivity contribution in [2.24, 2.45) is 0 Å². The summed E-state index contributed by atoms with van der Waals surface area (Å²) in [7, 11) is -3.29. The summed E-state index contributed by atoms with van der Waals surface area (Å²) >= 11 is 0. The molecule has 2 rings (SSSR count). The molecule has 118 valence electrons. The Kier molecular flexibility index (Phi) is 4.40. The molecule has 1 unspecified atom stereocenters. The van der Waals surface area contributed by atoms with Gasteiger partial charge in [0.2, 0.25) is 10.0 Å². The van der Waals surface area contributed by atoms with E-state index < -0.39 is 21.5 Å². The summed E-state index contributed by atoms with van der Waals surface area (Å²) in [6.45, 7) is 2.69. The van der Waals surface area contributed by atoms with Crippen LogP contribution in [0.1, 0.15) is 26.2 Å². The number of aliphatic hydroxyl groups is 1. The molecule has 0 spiro atoms. The predicted molar refractivity (Wildman–Crippen MR) is 71.2 cm³/mol. The van der Waals surface area contributed by atoms with Gasteiger partial charge in [-0.2, -0.15) is 4.31 Å². The van der Waals surface area contributed by atoms with Gasteiger partial charge < -0.3 is 5.11 Å². The lowest BCUT2D eigenvalue weighted by molar-refractivity contribution is -0.0716. The molecule has 1 atom stereocenters. The highest BCUT2D eigenvalue weighted by Crippen LogP contribution is 2.30. The predicted octanol–water partition coefficient (Wildman–Crippen LogP) is 0.504. The molecule has 0 aromatic heterocycles. The van der Waals surface area contributed by atoms with E-state index in [4.69, 9.17) is 0 Å². The molecule has 0 amide bonds. The maximum absolute atomic E-state index is 13.1. The van der Waals surface area contributed by atoms with Crippen molar-refractivity contribution in [2.45, 2.75) is 37.7 Å². The fourth-order valence-corrected chi connectivity index (χ4v) is 3.99. The van der Waals surface area contributed by atoms with E-state index in [1.807, 2.05) is 0 Å². The molecule has 0 aromatic rings. The standard InChI is InChI=1S/C12H22F2N2O3S/c1-2-20(18,19)16-8-3-11(17,10-16)9-15-6-4-12(13,14)5-7-15/h17H,2-10H2,1H3. The molecular weight excluding hydrogens is 290 g/mol. The van der Waals surface area contributed by atoms with Crippen LogP contribution in [0.4, 0.5) is 8.78 Å². The molecule has 8 heteroatoms. The molecule has 2 aliphatic heterocycles. The molecule has 0 aromatic carbocycles. The number of likely N-dealkylation sites (tertiary alicyclic amines) is 1. The third-order valence-electron chi connectivity index (χ3n) is 4.16. The number of alkyl halides is 2. The van der Waals surface area contributed by atoms with Crippen LogP contribution >= 0.6 is 0 Å². The number of sulfonamides is 1. The fourth-order valence-electron chi connectivity index (χ4n) is 2.82. The van der Waals surface area contributed by atoms with Crippen LogP contribution < -0.4 is 0 Å². The van der Waals surface area contributed by atoms with E-state index in [0.717, 1.165) is 0 Å². The van der Waals surface area contributed by atoms with Crippen molar-refractivity contribution in [3.8, 4) is 0 Å². The second kappa shape index (κ2) is 5.47. The SMILES string of the molecule is CCS(=O)(=O)N1CCC(O)(CN2CCC(F)(F)CC2)C1. The van der Waals surface area contributed by atoms with Crippen LogP contribution in [0.25, 0.3) is 0 Å². The second-order valence-corrected chi connectivity index (χ2v) is 8.10. The summed E-state index contributed by atoms with van der Waals surface area (Å²) < 4.78 is 51.0. The van der Waals surface area contributed by atoms with Crippen molar-refractivity contribution < 1.29 is 22.3 Å². The van der Waals surface area contributed by atoms with Crippen molar-refractivity contribution in [3.05, 3.63) is 0 Å². The van der Waals surface area contributed by atoms with E-state index in [-0.39, 0.29) is 44.8 Å². The third-order valence-corrected chi connectivity index (χ3v) is 5.99. The van der Waals surface area contributed by atoms with Crippen LogP contribution in [0.15, 0.2) is 0 Å². The Morgan fingerprint density at radius 3 is 2.30 bits per heavy atom. The topological polar surface area (TPSA) is 60.9 Å². The molecule has 0 aliphatic carbocycles. The van der Waals surface area contributed by atoms with Gasteiger partial charge in [-0.05, 0) is 13.3 Å². The second-order valence-electron chi connectivity index (χ2n) is 5.84. The fraction of sp³-hybridized carbons (Fsp3) is 1.00. The van der Waals surface area contributed by atoms with Crippen molar-refractivity contribution in [2.75, 3.05) is 38.5 Å². The van der Waals surface area contributed by atoms with Gasteiger partial charge in [0.25, 0.3) is 5.92 Å². The number of nitrogens with zero attached hydrogens (tertiary/aromatic N) is 2. The third kappa shape index (κ3) is 3.66. The van der Waals surface area contributed by atoms with Gasteiger partial charge in [-0.1, -0.05) is 0 Å². The Labute approximate surface area is 118 Å². The van der Waals surface area contributed by atoms with Gasteiger partial charge in [-0.3, -0.25) is 4.90 Å². The van der Waals surface area contributed by atoms with Gasteiger partial charge in [0.05, 0.1) is 11.4 Å². The lowest BCUT2D eigenvalue weighted by Crippen LogP contribution is -2.49. The largest absolute Gasteiger partial charge is 0.387 e. The highest BCUT2D eigenvalue weighted by molar-refractivity contribution is 7.89. The van der Waals surface area contributed by atoms with Gasteiger partial charge in [0.15, 0.2) is 0 Å². The van der Waals surface area contributed by atoms with Crippen LogP contribution in [-0.4, -0.2) is 72.7 Å². The Hall–Kier alpha value is -0.310. The number of hydrogen-bond donors (Lipinski definition) is 1. The monoisotopic (exact) mass is 312 g/mol. The summed E-state index contributed by atoms with van der Waals surface area (Å²) in [5.41, 5.74) is -1.12. The average molecular weight is 312 g/mol. The minimum Gasteiger partial charge on any atom is -0.387 e. The molecule has 5 nitrogen and oxygen atoms in total. The van der Waals surface area contributed by atoms with E-state index in [1.54, 1.807) is 11.8 Å². The number of β-amino-alcohol motifs (C(OH)–C–C–N with tert-alkyl or cyclic N) is 1. The lowest BCUT2D eigenvalue weighted by atomic mass is 10.00. The lowest BCUT2D eigenvalue weighted by Gasteiger charge is -2.36. The summed E-state index contributed by atoms with van der Waals surface area (Å²) in [5.74, 6) is -2.59. The van der Waals surface area contributed by atoms with E-state index in [2.05, 4.69) is 0 Å². The molecule has 0 bridgehead atoms. The molecule has 1 N–H and O–H groups in total. The molecule has 2 saturated heterocycles. The van der Waals surface area contributed by atoms with Crippen molar-refractivity contribution in [1.82, 2.24) is 9.21 Å². The Bertz CT molecular complexity index is 448. The molecule has 2 fully saturated rings. The first-order chi connectivity index (χ1) is 9.16. The van der Waals surface area contributed by atoms with E-state index in [0.29, 0.717) is 13.0 Å². The van der Waals surface area contributed by atoms with Crippen LogP contribution in [-0.2, 0) is 10.0 Å². The zero-order valence-electron chi connectivity index (χ0n) is 11.7. The Balaban J connectivity index is 1.91. The maximum Gasteiger partial charge on any atom is 0.250 e. The normalized spacial score (nSPS) is 32.6. The van der Waals surface area contributed by atoms with Crippen LogP contribution in [0.3, 0.4) is 0 Å². The molecule has 0 saturated carbocycles. The summed E-state index contributed by atoms with van der Waals surface area (Å²) in [6.07, 6.45) is -0.0285. The number of piperidine rings is 1. The van der Waals surface area contributed by atoms with Crippen molar-refractivity contribution >= 4 is 10.0 Å². The minimum atomic E-state index is -3.29. The van der Waals surface area contributed by atoms with Gasteiger partial charge >= 0.3 is 0 Å². The summed E-state index contributed by atoms with van der Waals surface area (Å²) in [6, 6.07) is 0. The molecule has 2 aliphatic rings. The van der Waals surface area contributed by atoms with Gasteiger partial charge in [0, 0.05) is 45.6 Å². The molecule has 0 radical (unpaired) electrons. The molecule has 2 heterocycles. The van der Waals surface area contributed by atoms with Gasteiger partial charge in [-0.25, -0.2) is 17.2 Å². The zero-order valence-corrected chi connectivity index (χ0v) is 12.5. The highest BCUT2D eigenvalue weighted by Gasteiger charge is 2.43. The van der Waals surface area contributed by atoms with Crippen molar-refractivity contribution in [3.63, 3.8) is 0 Å². The van der Waals surface area contributed by atoms with Crippen LogP contribution in [0, 0.1) is 0 Å². The highest BCUT2D eigenvalue weighted by atomic mass is 32.2. The van der Waals surface area contributed by atoms with E-state index in [9.17, 15) is 22.3 Å². The molecular formula is C12H22F2N2O3S. The van der Waals surface area contributed by atoms with Gasteiger partial charge in [-0.15, -0.1) is 0 Å². The van der Waals surface area contributed by atoms with E-state index >= 15 is 0 Å². The smallest absolute Gasteiger partial charge is 0.250 e. The Morgan fingerprint density at radius 2 is 1.75 bits per heavy atom. The van der Waals surface area contributed by atoms with Gasteiger partial charge in [0.1, 0.15) is 0 Å². The first-order valence-electron chi connectivity index (χ1n) is 6.96. The average Bonchev–Trinajstić information content (AvgIpc) is 2.75. The summed E-state index contributed by atoms with van der Waals surface area (Å²) in [5, 5.41) is 10.5. The summed E-state index contributed by atoms with van der Waals surface area (Å²) in [4.78, 5) is 1.81. The molecule has 20 heavy (non-hydrogen) atoms. The van der Waals surface area contributed by atoms with E-state index in [1.165, 1.54) is 4.31 Å². The minimum absolute atomic E-state index is 0.0129.